The van der Waals surface area contributed by atoms with Crippen molar-refractivity contribution < 1.29 is 13.2 Å². The predicted molar refractivity (Wildman–Crippen MR) is 136 cm³/mol. The molecule has 0 saturated heterocycles. The van der Waals surface area contributed by atoms with E-state index in [0.29, 0.717) is 16.8 Å². The zero-order valence-corrected chi connectivity index (χ0v) is 20.4. The summed E-state index contributed by atoms with van der Waals surface area (Å²) in [5, 5.41) is 10.5. The summed E-state index contributed by atoms with van der Waals surface area (Å²) >= 11 is -2.09. The van der Waals surface area contributed by atoms with Gasteiger partial charge in [0.1, 0.15) is 11.3 Å². The fourth-order valence-electron chi connectivity index (χ4n) is 4.16. The molecule has 1 atom stereocenters. The number of benzene rings is 2. The molecule has 0 spiro atoms. The van der Waals surface area contributed by atoms with Gasteiger partial charge in [-0.25, -0.2) is 13.4 Å². The molecule has 36 heavy (non-hydrogen) atoms. The van der Waals surface area contributed by atoms with Crippen molar-refractivity contribution in [2.75, 3.05) is 11.1 Å². The van der Waals surface area contributed by atoms with Crippen LogP contribution in [-0.2, 0) is 22.4 Å². The summed E-state index contributed by atoms with van der Waals surface area (Å²) in [5.74, 6) is -0.830. The number of H-pyrrole nitrogens is 1. The van der Waals surface area contributed by atoms with Gasteiger partial charge in [-0.2, -0.15) is 15.1 Å². The van der Waals surface area contributed by atoms with Crippen LogP contribution in [0.1, 0.15) is 26.3 Å². The first kappa shape index (κ1) is 23.6. The van der Waals surface area contributed by atoms with Gasteiger partial charge >= 0.3 is 5.69 Å². The van der Waals surface area contributed by atoms with Crippen LogP contribution in [0.5, 0.6) is 0 Å². The summed E-state index contributed by atoms with van der Waals surface area (Å²) in [6, 6.07) is 9.53. The number of nitrogens with two attached hydrogens (primary N) is 1. The van der Waals surface area contributed by atoms with Gasteiger partial charge in [0.15, 0.2) is 22.5 Å². The van der Waals surface area contributed by atoms with E-state index in [1.807, 2.05) is 26.8 Å². The maximum absolute atomic E-state index is 14.7. The number of aromatic amines is 1. The molecule has 3 aromatic heterocycles. The number of hydrogen-bond acceptors (Lipinski definition) is 7. The molecule has 2 aromatic carbocycles. The normalized spacial score (nSPS) is 12.9. The molecule has 0 aliphatic rings. The first-order chi connectivity index (χ1) is 17.0. The van der Waals surface area contributed by atoms with Crippen LogP contribution in [0.2, 0.25) is 0 Å². The molecule has 5 rings (SSSR count). The summed E-state index contributed by atoms with van der Waals surface area (Å²) in [6.45, 7) is 5.60. The molecule has 1 unspecified atom stereocenters. The minimum Gasteiger partial charge on any atom is -0.382 e. The number of anilines is 3. The van der Waals surface area contributed by atoms with Gasteiger partial charge in [-0.3, -0.25) is 14.2 Å². The first-order valence-electron chi connectivity index (χ1n) is 10.9. The van der Waals surface area contributed by atoms with Crippen molar-refractivity contribution in [1.29, 1.82) is 0 Å². The third kappa shape index (κ3) is 4.01. The van der Waals surface area contributed by atoms with E-state index in [1.165, 1.54) is 21.3 Å². The maximum Gasteiger partial charge on any atom is 0.335 e. The highest BCUT2D eigenvalue weighted by Crippen LogP contribution is 2.30. The SMILES string of the molecule is CC(C)(C)n1c(=O)n(-c2cccc3[nH]ncc23)c2c(N)nc(Nc3ccc(CS(=O)O)cc3F)nc21. The molecule has 5 N–H and O–H groups in total. The van der Waals surface area contributed by atoms with Crippen LogP contribution < -0.4 is 16.7 Å². The van der Waals surface area contributed by atoms with Crippen LogP contribution in [0.15, 0.2) is 47.4 Å². The molecule has 0 aliphatic heterocycles. The monoisotopic (exact) mass is 510 g/mol. The molecule has 3 heterocycles. The summed E-state index contributed by atoms with van der Waals surface area (Å²) in [4.78, 5) is 22.6. The third-order valence-electron chi connectivity index (χ3n) is 5.65. The summed E-state index contributed by atoms with van der Waals surface area (Å²) in [5.41, 5.74) is 7.65. The number of imidazole rings is 1. The van der Waals surface area contributed by atoms with Crippen molar-refractivity contribution in [2.24, 2.45) is 0 Å². The van der Waals surface area contributed by atoms with E-state index in [9.17, 15) is 13.4 Å². The number of fused-ring (bicyclic) bond motifs is 2. The fraction of sp³-hybridized carbons (Fsp3) is 0.217. The van der Waals surface area contributed by atoms with E-state index < -0.39 is 22.4 Å². The Hall–Kier alpha value is -4.10. The quantitative estimate of drug-likeness (QED) is 0.262. The lowest BCUT2D eigenvalue weighted by atomic mass is 10.1. The standard InChI is InChI=1S/C23H23FN8O3S/c1-23(2,3)32-20-18(31(22(32)33)17-6-4-5-15-13(17)10-26-30-15)19(25)28-21(29-20)27-16-8-7-12(9-14(16)24)11-36(34)35/h4-10H,11H2,1-3H3,(H,26,30)(H,34,35)(H3,25,27,28,29). The third-order valence-corrected chi connectivity index (χ3v) is 6.23. The Labute approximate surface area is 206 Å². The van der Waals surface area contributed by atoms with E-state index in [-0.39, 0.29) is 34.5 Å². The second kappa shape index (κ2) is 8.53. The van der Waals surface area contributed by atoms with E-state index in [1.54, 1.807) is 18.3 Å². The number of aromatic nitrogens is 6. The highest BCUT2D eigenvalue weighted by Gasteiger charge is 2.28. The van der Waals surface area contributed by atoms with Crippen molar-refractivity contribution in [3.05, 3.63) is 64.5 Å². The predicted octanol–water partition coefficient (Wildman–Crippen LogP) is 3.40. The van der Waals surface area contributed by atoms with Crippen LogP contribution in [0.3, 0.4) is 0 Å². The number of nitrogens with zero attached hydrogens (tertiary/aromatic N) is 5. The van der Waals surface area contributed by atoms with Crippen LogP contribution >= 0.6 is 0 Å². The number of hydrogen-bond donors (Lipinski definition) is 4. The van der Waals surface area contributed by atoms with Gasteiger partial charge in [0.25, 0.3) is 0 Å². The molecule has 5 aromatic rings. The van der Waals surface area contributed by atoms with E-state index >= 15 is 0 Å². The minimum atomic E-state index is -2.09. The van der Waals surface area contributed by atoms with E-state index in [0.717, 1.165) is 17.0 Å². The second-order valence-corrected chi connectivity index (χ2v) is 10.2. The van der Waals surface area contributed by atoms with Crippen LogP contribution in [-0.4, -0.2) is 38.1 Å². The lowest BCUT2D eigenvalue weighted by Gasteiger charge is -2.20. The molecule has 0 aliphatic carbocycles. The van der Waals surface area contributed by atoms with Gasteiger partial charge in [-0.1, -0.05) is 12.1 Å². The van der Waals surface area contributed by atoms with Gasteiger partial charge < -0.3 is 15.6 Å². The molecule has 0 bridgehead atoms. The number of nitrogens with one attached hydrogen (secondary N) is 2. The number of rotatable bonds is 5. The fourth-order valence-corrected chi connectivity index (χ4v) is 4.63. The van der Waals surface area contributed by atoms with Crippen molar-refractivity contribution in [2.45, 2.75) is 32.1 Å². The zero-order chi connectivity index (χ0) is 25.8. The zero-order valence-electron chi connectivity index (χ0n) is 19.6. The summed E-state index contributed by atoms with van der Waals surface area (Å²) in [6.07, 6.45) is 1.63. The van der Waals surface area contributed by atoms with Crippen LogP contribution in [0.25, 0.3) is 27.8 Å². The second-order valence-electron chi connectivity index (χ2n) is 9.24. The largest absolute Gasteiger partial charge is 0.382 e. The Balaban J connectivity index is 1.70. The Morgan fingerprint density at radius 2 is 2.00 bits per heavy atom. The minimum absolute atomic E-state index is 0.00551. The first-order valence-corrected chi connectivity index (χ1v) is 12.2. The molecular weight excluding hydrogens is 487 g/mol. The average molecular weight is 511 g/mol. The molecule has 0 radical (unpaired) electrons. The van der Waals surface area contributed by atoms with Crippen molar-refractivity contribution in [1.82, 2.24) is 29.3 Å². The van der Waals surface area contributed by atoms with Crippen LogP contribution in [0, 0.1) is 5.82 Å². The highest BCUT2D eigenvalue weighted by atomic mass is 32.2. The van der Waals surface area contributed by atoms with Gasteiger partial charge in [0, 0.05) is 10.9 Å². The molecule has 0 amide bonds. The Kier molecular flexibility index (Phi) is 5.60. The van der Waals surface area contributed by atoms with Crippen molar-refractivity contribution in [3.8, 4) is 5.69 Å². The molecule has 186 valence electrons. The average Bonchev–Trinajstić information content (AvgIpc) is 3.37. The molecule has 0 saturated carbocycles. The lowest BCUT2D eigenvalue weighted by Crippen LogP contribution is -2.34. The smallest absolute Gasteiger partial charge is 0.335 e. The van der Waals surface area contributed by atoms with Crippen LogP contribution in [0.4, 0.5) is 21.8 Å². The van der Waals surface area contributed by atoms with E-state index in [2.05, 4.69) is 25.5 Å². The topological polar surface area (TPSA) is 157 Å². The number of nitrogen functional groups attached to an aromatic ring is 1. The summed E-state index contributed by atoms with van der Waals surface area (Å²) < 4.78 is 37.7. The Bertz CT molecular complexity index is 1720. The van der Waals surface area contributed by atoms with E-state index in [4.69, 9.17) is 10.3 Å². The molecular formula is C23H23FN8O3S. The van der Waals surface area contributed by atoms with Gasteiger partial charge in [0.05, 0.1) is 28.8 Å². The molecule has 0 fully saturated rings. The molecule has 13 heteroatoms. The van der Waals surface area contributed by atoms with Crippen molar-refractivity contribution in [3.63, 3.8) is 0 Å². The summed E-state index contributed by atoms with van der Waals surface area (Å²) in [7, 11) is 0. The maximum atomic E-state index is 14.7. The van der Waals surface area contributed by atoms with Gasteiger partial charge in [-0.05, 0) is 50.6 Å². The lowest BCUT2D eigenvalue weighted by molar-refractivity contribution is 0.392. The van der Waals surface area contributed by atoms with Gasteiger partial charge in [0.2, 0.25) is 5.95 Å². The molecule has 11 nitrogen and oxygen atoms in total. The van der Waals surface area contributed by atoms with Gasteiger partial charge in [-0.15, -0.1) is 0 Å². The van der Waals surface area contributed by atoms with Crippen molar-refractivity contribution >= 4 is 50.6 Å². The Morgan fingerprint density at radius 1 is 1.22 bits per heavy atom. The highest BCUT2D eigenvalue weighted by molar-refractivity contribution is 7.78. The Morgan fingerprint density at radius 3 is 2.69 bits per heavy atom. The number of halogens is 1.